The first kappa shape index (κ1) is 14.8. The minimum absolute atomic E-state index is 0.343. The Kier molecular flexibility index (Phi) is 4.94. The molecule has 2 rings (SSSR count). The lowest BCUT2D eigenvalue weighted by Gasteiger charge is -2.16. The molecule has 20 heavy (non-hydrogen) atoms. The van der Waals surface area contributed by atoms with Crippen LogP contribution >= 0.6 is 15.9 Å². The summed E-state index contributed by atoms with van der Waals surface area (Å²) >= 11 is 3.45. The normalized spacial score (nSPS) is 10.8. The van der Waals surface area contributed by atoms with Crippen molar-refractivity contribution in [1.82, 2.24) is 10.3 Å². The van der Waals surface area contributed by atoms with E-state index in [2.05, 4.69) is 38.4 Å². The SMILES string of the molecule is CN(Cc1cccc(Br)c1)Cc1occc1C(=O)NN. The van der Waals surface area contributed by atoms with E-state index in [1.165, 1.54) is 11.8 Å². The van der Waals surface area contributed by atoms with Gasteiger partial charge in [0.1, 0.15) is 5.76 Å². The zero-order chi connectivity index (χ0) is 14.5. The second-order valence-electron chi connectivity index (χ2n) is 4.53. The topological polar surface area (TPSA) is 71.5 Å². The van der Waals surface area contributed by atoms with Crippen LogP contribution in [0.5, 0.6) is 0 Å². The molecule has 5 nitrogen and oxygen atoms in total. The largest absolute Gasteiger partial charge is 0.467 e. The molecule has 0 saturated carbocycles. The lowest BCUT2D eigenvalue weighted by atomic mass is 10.2. The first-order chi connectivity index (χ1) is 9.60. The predicted octanol–water partition coefficient (Wildman–Crippen LogP) is 2.28. The molecule has 0 radical (unpaired) electrons. The molecule has 1 heterocycles. The molecule has 1 amide bonds. The van der Waals surface area contributed by atoms with Crippen molar-refractivity contribution in [2.75, 3.05) is 7.05 Å². The third-order valence-electron chi connectivity index (χ3n) is 2.88. The average molecular weight is 338 g/mol. The second kappa shape index (κ2) is 6.69. The number of nitrogens with zero attached hydrogens (tertiary/aromatic N) is 1. The fraction of sp³-hybridized carbons (Fsp3) is 0.214. The van der Waals surface area contributed by atoms with Crippen molar-refractivity contribution in [3.63, 3.8) is 0 Å². The highest BCUT2D eigenvalue weighted by Crippen LogP contribution is 2.16. The minimum Gasteiger partial charge on any atom is -0.467 e. The van der Waals surface area contributed by atoms with Crippen LogP contribution in [0.4, 0.5) is 0 Å². The van der Waals surface area contributed by atoms with Gasteiger partial charge >= 0.3 is 0 Å². The van der Waals surface area contributed by atoms with Crippen LogP contribution in [0.15, 0.2) is 45.5 Å². The Labute approximate surface area is 125 Å². The molecule has 0 aliphatic carbocycles. The number of hydrogen-bond donors (Lipinski definition) is 2. The molecule has 6 heteroatoms. The average Bonchev–Trinajstić information content (AvgIpc) is 2.85. The molecule has 0 atom stereocenters. The summed E-state index contributed by atoms with van der Waals surface area (Å²) in [5.74, 6) is 5.40. The summed E-state index contributed by atoms with van der Waals surface area (Å²) in [6.45, 7) is 1.28. The summed E-state index contributed by atoms with van der Waals surface area (Å²) in [5, 5.41) is 0. The van der Waals surface area contributed by atoms with Gasteiger partial charge in [0.25, 0.3) is 5.91 Å². The van der Waals surface area contributed by atoms with Gasteiger partial charge < -0.3 is 4.42 Å². The first-order valence-corrected chi connectivity index (χ1v) is 6.89. The summed E-state index contributed by atoms with van der Waals surface area (Å²) in [7, 11) is 1.97. The number of hydrogen-bond acceptors (Lipinski definition) is 4. The van der Waals surface area contributed by atoms with Gasteiger partial charge in [-0.15, -0.1) is 0 Å². The number of rotatable bonds is 5. The maximum Gasteiger partial charge on any atom is 0.268 e. The molecule has 3 N–H and O–H groups in total. The molecule has 1 aromatic carbocycles. The molecule has 0 aliphatic heterocycles. The maximum absolute atomic E-state index is 11.6. The Morgan fingerprint density at radius 2 is 2.20 bits per heavy atom. The van der Waals surface area contributed by atoms with Crippen LogP contribution in [-0.2, 0) is 13.1 Å². The number of hydrazine groups is 1. The number of amides is 1. The Morgan fingerprint density at radius 3 is 2.90 bits per heavy atom. The Balaban J connectivity index is 2.03. The van der Waals surface area contributed by atoms with Gasteiger partial charge in [-0.1, -0.05) is 28.1 Å². The molecule has 0 spiro atoms. The van der Waals surface area contributed by atoms with Gasteiger partial charge in [0.05, 0.1) is 18.4 Å². The third-order valence-corrected chi connectivity index (χ3v) is 3.37. The molecule has 2 aromatic rings. The van der Waals surface area contributed by atoms with Crippen LogP contribution in [0.1, 0.15) is 21.7 Å². The second-order valence-corrected chi connectivity index (χ2v) is 5.45. The Hall–Kier alpha value is -1.63. The third kappa shape index (κ3) is 3.69. The molecule has 106 valence electrons. The highest BCUT2D eigenvalue weighted by Gasteiger charge is 2.15. The van der Waals surface area contributed by atoms with Crippen LogP contribution in [0.2, 0.25) is 0 Å². The summed E-state index contributed by atoms with van der Waals surface area (Å²) in [5.41, 5.74) is 3.76. The highest BCUT2D eigenvalue weighted by atomic mass is 79.9. The van der Waals surface area contributed by atoms with Gasteiger partial charge in [0.2, 0.25) is 0 Å². The van der Waals surface area contributed by atoms with E-state index in [-0.39, 0.29) is 5.91 Å². The van der Waals surface area contributed by atoms with Crippen molar-refractivity contribution < 1.29 is 9.21 Å². The molecular formula is C14H16BrN3O2. The zero-order valence-electron chi connectivity index (χ0n) is 11.1. The first-order valence-electron chi connectivity index (χ1n) is 6.10. The minimum atomic E-state index is -0.343. The van der Waals surface area contributed by atoms with E-state index in [4.69, 9.17) is 10.3 Å². The van der Waals surface area contributed by atoms with Crippen molar-refractivity contribution in [1.29, 1.82) is 0 Å². The molecule has 0 fully saturated rings. The van der Waals surface area contributed by atoms with Crippen LogP contribution < -0.4 is 11.3 Å². The van der Waals surface area contributed by atoms with E-state index in [0.717, 1.165) is 11.0 Å². The number of nitrogen functional groups attached to an aromatic ring is 1. The monoisotopic (exact) mass is 337 g/mol. The zero-order valence-corrected chi connectivity index (χ0v) is 12.7. The fourth-order valence-electron chi connectivity index (χ4n) is 1.99. The van der Waals surface area contributed by atoms with E-state index >= 15 is 0 Å². The van der Waals surface area contributed by atoms with E-state index in [1.807, 2.05) is 19.2 Å². The standard InChI is InChI=1S/C14H16BrN3O2/c1-18(8-10-3-2-4-11(15)7-10)9-13-12(5-6-20-13)14(19)17-16/h2-7H,8-9,16H2,1H3,(H,17,19). The molecule has 0 bridgehead atoms. The van der Waals surface area contributed by atoms with Crippen LogP contribution in [-0.4, -0.2) is 17.9 Å². The molecular weight excluding hydrogens is 322 g/mol. The molecule has 1 aromatic heterocycles. The quantitative estimate of drug-likeness (QED) is 0.498. The fourth-order valence-corrected chi connectivity index (χ4v) is 2.44. The van der Waals surface area contributed by atoms with Crippen LogP contribution in [0, 0.1) is 0 Å². The van der Waals surface area contributed by atoms with E-state index in [1.54, 1.807) is 6.07 Å². The number of halogens is 1. The summed E-state index contributed by atoms with van der Waals surface area (Å²) in [6, 6.07) is 9.71. The smallest absolute Gasteiger partial charge is 0.268 e. The number of nitrogens with two attached hydrogens (primary N) is 1. The number of benzene rings is 1. The van der Waals surface area contributed by atoms with Gasteiger partial charge in [-0.2, -0.15) is 0 Å². The number of carbonyl (C=O) groups is 1. The molecule has 0 saturated heterocycles. The van der Waals surface area contributed by atoms with Crippen molar-refractivity contribution in [3.8, 4) is 0 Å². The van der Waals surface area contributed by atoms with Crippen molar-refractivity contribution in [2.45, 2.75) is 13.1 Å². The molecule has 0 aliphatic rings. The van der Waals surface area contributed by atoms with E-state index in [9.17, 15) is 4.79 Å². The Morgan fingerprint density at radius 1 is 1.40 bits per heavy atom. The Bertz CT molecular complexity index is 598. The van der Waals surface area contributed by atoms with Crippen LogP contribution in [0.3, 0.4) is 0 Å². The van der Waals surface area contributed by atoms with E-state index in [0.29, 0.717) is 17.9 Å². The van der Waals surface area contributed by atoms with Gasteiger partial charge in [-0.25, -0.2) is 5.84 Å². The van der Waals surface area contributed by atoms with Gasteiger partial charge in [0.15, 0.2) is 0 Å². The lowest BCUT2D eigenvalue weighted by molar-refractivity contribution is 0.0950. The number of furan rings is 1. The number of carbonyl (C=O) groups excluding carboxylic acids is 1. The number of nitrogens with one attached hydrogen (secondary N) is 1. The maximum atomic E-state index is 11.6. The van der Waals surface area contributed by atoms with Crippen molar-refractivity contribution in [3.05, 3.63) is 58.0 Å². The lowest BCUT2D eigenvalue weighted by Crippen LogP contribution is -2.31. The van der Waals surface area contributed by atoms with Gasteiger partial charge in [0, 0.05) is 11.0 Å². The summed E-state index contributed by atoms with van der Waals surface area (Å²) < 4.78 is 6.40. The summed E-state index contributed by atoms with van der Waals surface area (Å²) in [6.07, 6.45) is 1.49. The van der Waals surface area contributed by atoms with Gasteiger partial charge in [-0.05, 0) is 30.8 Å². The molecule has 0 unspecified atom stereocenters. The van der Waals surface area contributed by atoms with E-state index < -0.39 is 0 Å². The van der Waals surface area contributed by atoms with Crippen LogP contribution in [0.25, 0.3) is 0 Å². The summed E-state index contributed by atoms with van der Waals surface area (Å²) in [4.78, 5) is 13.6. The predicted molar refractivity (Wildman–Crippen MR) is 79.7 cm³/mol. The highest BCUT2D eigenvalue weighted by molar-refractivity contribution is 9.10. The van der Waals surface area contributed by atoms with Crippen molar-refractivity contribution in [2.24, 2.45) is 5.84 Å². The van der Waals surface area contributed by atoms with Crippen molar-refractivity contribution >= 4 is 21.8 Å². The van der Waals surface area contributed by atoms with Gasteiger partial charge in [-0.3, -0.25) is 15.1 Å².